The second kappa shape index (κ2) is 7.31. The predicted octanol–water partition coefficient (Wildman–Crippen LogP) is 4.05. The Morgan fingerprint density at radius 1 is 1.12 bits per heavy atom. The molecule has 1 unspecified atom stereocenters. The van der Waals surface area contributed by atoms with Crippen molar-refractivity contribution in [2.75, 3.05) is 4.90 Å². The van der Waals surface area contributed by atoms with Gasteiger partial charge in [-0.3, -0.25) is 9.69 Å². The Balaban J connectivity index is 2.04. The van der Waals surface area contributed by atoms with Gasteiger partial charge in [-0.15, -0.1) is 4.40 Å². The number of sulfonamides is 1. The Morgan fingerprint density at radius 3 is 2.36 bits per heavy atom. The predicted molar refractivity (Wildman–Crippen MR) is 104 cm³/mol. The van der Waals surface area contributed by atoms with E-state index in [1.54, 1.807) is 36.4 Å². The average molecular weight is 439 g/mol. The van der Waals surface area contributed by atoms with Crippen molar-refractivity contribution in [3.05, 3.63) is 59.1 Å². The minimum Gasteiger partial charge on any atom is -0.273 e. The van der Waals surface area contributed by atoms with E-state index in [-0.39, 0.29) is 21.2 Å². The fourth-order valence-electron chi connectivity index (χ4n) is 2.37. The summed E-state index contributed by atoms with van der Waals surface area (Å²) in [5.41, 5.74) is 0.612. The third-order valence-corrected chi connectivity index (χ3v) is 6.86. The van der Waals surface area contributed by atoms with Gasteiger partial charge in [0.05, 0.1) is 15.8 Å². The molecule has 0 saturated carbocycles. The van der Waals surface area contributed by atoms with Crippen LogP contribution in [0.15, 0.2) is 68.4 Å². The number of benzene rings is 2. The number of anilines is 1. The first kappa shape index (κ1) is 18.2. The normalized spacial score (nSPS) is 19.6. The largest absolute Gasteiger partial charge is 0.284 e. The minimum atomic E-state index is -3.90. The maximum atomic E-state index is 12.6. The van der Waals surface area contributed by atoms with Crippen LogP contribution in [-0.2, 0) is 14.8 Å². The van der Waals surface area contributed by atoms with E-state index < -0.39 is 10.0 Å². The summed E-state index contributed by atoms with van der Waals surface area (Å²) in [4.78, 5) is 14.1. The summed E-state index contributed by atoms with van der Waals surface area (Å²) in [5, 5.41) is -0.148. The smallest absolute Gasteiger partial charge is 0.273 e. The van der Waals surface area contributed by atoms with Crippen molar-refractivity contribution in [1.29, 1.82) is 0 Å². The van der Waals surface area contributed by atoms with E-state index in [2.05, 4.69) is 20.3 Å². The number of para-hydroxylation sites is 1. The lowest BCUT2D eigenvalue weighted by Crippen LogP contribution is -2.32. The molecule has 0 N–H and O–H groups in total. The molecule has 5 nitrogen and oxygen atoms in total. The van der Waals surface area contributed by atoms with Crippen LogP contribution in [0.5, 0.6) is 0 Å². The molecule has 0 aliphatic carbocycles. The number of carbonyl (C=O) groups is 1. The van der Waals surface area contributed by atoms with Gasteiger partial charge >= 0.3 is 0 Å². The first-order valence-electron chi connectivity index (χ1n) is 7.58. The van der Waals surface area contributed by atoms with Crippen LogP contribution in [0.1, 0.15) is 13.3 Å². The molecule has 8 heteroatoms. The number of hydrogen-bond donors (Lipinski definition) is 0. The van der Waals surface area contributed by atoms with Gasteiger partial charge in [0, 0.05) is 4.47 Å². The molecule has 130 valence electrons. The van der Waals surface area contributed by atoms with Crippen molar-refractivity contribution in [3.8, 4) is 0 Å². The van der Waals surface area contributed by atoms with E-state index in [9.17, 15) is 13.2 Å². The van der Waals surface area contributed by atoms with E-state index >= 15 is 0 Å². The number of amidine groups is 1. The Hall–Kier alpha value is -1.64. The van der Waals surface area contributed by atoms with E-state index in [0.29, 0.717) is 12.1 Å². The van der Waals surface area contributed by atoms with Gasteiger partial charge in [-0.05, 0) is 42.8 Å². The molecule has 1 amide bonds. The van der Waals surface area contributed by atoms with E-state index in [4.69, 9.17) is 0 Å². The molecule has 0 spiro atoms. The van der Waals surface area contributed by atoms with Crippen LogP contribution in [0, 0.1) is 0 Å². The standard InChI is InChI=1S/C17H15BrN2O3S2/c1-2-15-16(21)20(13-6-4-3-5-7-13)17(24-15)19-25(22,23)14-10-8-12(18)9-11-14/h3-11,15H,2H2,1H3/b19-17+. The van der Waals surface area contributed by atoms with Crippen LogP contribution in [0.3, 0.4) is 0 Å². The van der Waals surface area contributed by atoms with Crippen molar-refractivity contribution < 1.29 is 13.2 Å². The van der Waals surface area contributed by atoms with Crippen LogP contribution in [-0.4, -0.2) is 24.7 Å². The van der Waals surface area contributed by atoms with Gasteiger partial charge < -0.3 is 0 Å². The average Bonchev–Trinajstić information content (AvgIpc) is 2.90. The molecule has 1 aliphatic rings. The van der Waals surface area contributed by atoms with Gasteiger partial charge in [-0.2, -0.15) is 8.42 Å². The zero-order valence-electron chi connectivity index (χ0n) is 13.3. The summed E-state index contributed by atoms with van der Waals surface area (Å²) in [6.07, 6.45) is 0.601. The molecule has 0 aromatic heterocycles. The van der Waals surface area contributed by atoms with Crippen LogP contribution >= 0.6 is 27.7 Å². The maximum absolute atomic E-state index is 12.6. The Morgan fingerprint density at radius 2 is 1.76 bits per heavy atom. The summed E-state index contributed by atoms with van der Waals surface area (Å²) in [5.74, 6) is -0.150. The number of amides is 1. The monoisotopic (exact) mass is 438 g/mol. The third-order valence-electron chi connectivity index (χ3n) is 3.63. The Labute approximate surface area is 159 Å². The van der Waals surface area contributed by atoms with Crippen LogP contribution in [0.2, 0.25) is 0 Å². The van der Waals surface area contributed by atoms with Gasteiger partial charge in [-0.1, -0.05) is 52.8 Å². The topological polar surface area (TPSA) is 66.8 Å². The molecular formula is C17H15BrN2O3S2. The highest BCUT2D eigenvalue weighted by molar-refractivity contribution is 9.10. The second-order valence-electron chi connectivity index (χ2n) is 5.33. The number of halogens is 1. The zero-order chi connectivity index (χ0) is 18.0. The quantitative estimate of drug-likeness (QED) is 0.721. The van der Waals surface area contributed by atoms with Gasteiger partial charge in [0.25, 0.3) is 10.0 Å². The molecule has 0 bridgehead atoms. The van der Waals surface area contributed by atoms with Gasteiger partial charge in [-0.25, -0.2) is 0 Å². The molecule has 1 heterocycles. The lowest BCUT2D eigenvalue weighted by Gasteiger charge is -2.16. The summed E-state index contributed by atoms with van der Waals surface area (Å²) in [6, 6.07) is 15.2. The molecule has 2 aromatic carbocycles. The summed E-state index contributed by atoms with van der Waals surface area (Å²) in [6.45, 7) is 1.89. The zero-order valence-corrected chi connectivity index (χ0v) is 16.5. The Kier molecular flexibility index (Phi) is 5.31. The van der Waals surface area contributed by atoms with Crippen LogP contribution in [0.25, 0.3) is 0 Å². The van der Waals surface area contributed by atoms with E-state index in [0.717, 1.165) is 4.47 Å². The molecule has 1 saturated heterocycles. The highest BCUT2D eigenvalue weighted by atomic mass is 79.9. The molecular weight excluding hydrogens is 424 g/mol. The maximum Gasteiger partial charge on any atom is 0.284 e. The van der Waals surface area contributed by atoms with E-state index in [1.165, 1.54) is 28.8 Å². The summed E-state index contributed by atoms with van der Waals surface area (Å²) in [7, 11) is -3.90. The number of hydrogen-bond acceptors (Lipinski definition) is 4. The van der Waals surface area contributed by atoms with Gasteiger partial charge in [0.15, 0.2) is 5.17 Å². The minimum absolute atomic E-state index is 0.0872. The SMILES string of the molecule is CCC1S/C(=N/S(=O)(=O)c2ccc(Br)cc2)N(c2ccccc2)C1=O. The van der Waals surface area contributed by atoms with Crippen molar-refractivity contribution in [2.24, 2.45) is 4.40 Å². The molecule has 2 aromatic rings. The van der Waals surface area contributed by atoms with Crippen molar-refractivity contribution in [2.45, 2.75) is 23.5 Å². The van der Waals surface area contributed by atoms with Gasteiger partial charge in [0.2, 0.25) is 5.91 Å². The number of nitrogens with zero attached hydrogens (tertiary/aromatic N) is 2. The number of thioether (sulfide) groups is 1. The number of carbonyl (C=O) groups excluding carboxylic acids is 1. The van der Waals surface area contributed by atoms with Crippen LogP contribution in [0.4, 0.5) is 5.69 Å². The lowest BCUT2D eigenvalue weighted by molar-refractivity contribution is -0.116. The van der Waals surface area contributed by atoms with Crippen LogP contribution < -0.4 is 4.90 Å². The van der Waals surface area contributed by atoms with E-state index in [1.807, 2.05) is 13.0 Å². The molecule has 3 rings (SSSR count). The summed E-state index contributed by atoms with van der Waals surface area (Å²) < 4.78 is 30.0. The molecule has 1 aliphatic heterocycles. The first-order valence-corrected chi connectivity index (χ1v) is 10.7. The second-order valence-corrected chi connectivity index (χ2v) is 9.02. The lowest BCUT2D eigenvalue weighted by atomic mass is 10.2. The highest BCUT2D eigenvalue weighted by Crippen LogP contribution is 2.34. The van der Waals surface area contributed by atoms with Crippen molar-refractivity contribution >= 4 is 54.5 Å². The highest BCUT2D eigenvalue weighted by Gasteiger charge is 2.39. The fourth-order valence-corrected chi connectivity index (χ4v) is 4.90. The van der Waals surface area contributed by atoms with Crippen molar-refractivity contribution in [3.63, 3.8) is 0 Å². The Bertz CT molecular complexity index is 913. The number of rotatable bonds is 4. The molecule has 25 heavy (non-hydrogen) atoms. The molecule has 1 fully saturated rings. The van der Waals surface area contributed by atoms with Crippen molar-refractivity contribution in [1.82, 2.24) is 0 Å². The first-order chi connectivity index (χ1) is 11.9. The molecule has 1 atom stereocenters. The molecule has 0 radical (unpaired) electrons. The van der Waals surface area contributed by atoms with Gasteiger partial charge in [0.1, 0.15) is 0 Å². The third kappa shape index (κ3) is 3.80. The summed E-state index contributed by atoms with van der Waals surface area (Å²) >= 11 is 4.46. The fraction of sp³-hybridized carbons (Fsp3) is 0.176.